The smallest absolute Gasteiger partial charge is 0.138 e. The Morgan fingerprint density at radius 1 is 1.67 bits per heavy atom. The van der Waals surface area contributed by atoms with Crippen molar-refractivity contribution in [1.82, 2.24) is 14.8 Å². The van der Waals surface area contributed by atoms with Crippen molar-refractivity contribution in [1.29, 1.82) is 0 Å². The van der Waals surface area contributed by atoms with Crippen molar-refractivity contribution in [2.24, 2.45) is 4.99 Å². The van der Waals surface area contributed by atoms with Crippen LogP contribution >= 0.6 is 0 Å². The molecule has 0 aliphatic rings. The lowest BCUT2D eigenvalue weighted by molar-refractivity contribution is 0.921. The van der Waals surface area contributed by atoms with Gasteiger partial charge in [-0.05, 0) is 6.92 Å². The summed E-state index contributed by atoms with van der Waals surface area (Å²) in [4.78, 5) is 7.67. The Labute approximate surface area is 53.2 Å². The fourth-order valence-electron chi connectivity index (χ4n) is 0.478. The molecule has 0 fully saturated rings. The summed E-state index contributed by atoms with van der Waals surface area (Å²) in [5.41, 5.74) is 0. The van der Waals surface area contributed by atoms with E-state index >= 15 is 0 Å². The number of rotatable bonds is 0. The number of nitrogens with zero attached hydrogens (tertiary/aromatic N) is 4. The minimum absolute atomic E-state index is 0.840. The van der Waals surface area contributed by atoms with Gasteiger partial charge in [0.1, 0.15) is 18.5 Å². The Balaban J connectivity index is 2.90. The van der Waals surface area contributed by atoms with Gasteiger partial charge in [0, 0.05) is 7.05 Å². The fourth-order valence-corrected chi connectivity index (χ4v) is 0.478. The van der Waals surface area contributed by atoms with Crippen molar-refractivity contribution in [2.45, 2.75) is 6.92 Å². The van der Waals surface area contributed by atoms with Crippen molar-refractivity contribution in [3.63, 3.8) is 0 Å². The molecular formula is C5H8N4. The average Bonchev–Trinajstić information content (AvgIpc) is 2.37. The highest BCUT2D eigenvalue weighted by Crippen LogP contribution is 1.79. The summed E-state index contributed by atoms with van der Waals surface area (Å²) < 4.78 is 1.61. The van der Waals surface area contributed by atoms with Gasteiger partial charge in [0.05, 0.1) is 0 Å². The van der Waals surface area contributed by atoms with Gasteiger partial charge >= 0.3 is 0 Å². The third-order valence-corrected chi connectivity index (χ3v) is 1.07. The molecule has 0 radical (unpaired) electrons. The van der Waals surface area contributed by atoms with Gasteiger partial charge in [-0.3, -0.25) is 4.99 Å². The highest BCUT2D eigenvalue weighted by molar-refractivity contribution is 5.80. The maximum atomic E-state index is 3.91. The molecule has 4 nitrogen and oxygen atoms in total. The maximum absolute atomic E-state index is 3.91. The normalized spacial score (nSPS) is 12.0. The topological polar surface area (TPSA) is 43.1 Å². The Morgan fingerprint density at radius 3 is 2.89 bits per heavy atom. The molecule has 1 heterocycles. The van der Waals surface area contributed by atoms with E-state index in [2.05, 4.69) is 15.1 Å². The number of hydrogen-bond donors (Lipinski definition) is 0. The maximum Gasteiger partial charge on any atom is 0.138 e. The zero-order chi connectivity index (χ0) is 6.69. The molecule has 0 aliphatic carbocycles. The van der Waals surface area contributed by atoms with Crippen LogP contribution in [0.5, 0.6) is 0 Å². The zero-order valence-corrected chi connectivity index (χ0v) is 5.44. The van der Waals surface area contributed by atoms with E-state index < -0.39 is 0 Å². The minimum Gasteiger partial charge on any atom is -0.274 e. The van der Waals surface area contributed by atoms with Gasteiger partial charge in [0.2, 0.25) is 0 Å². The molecule has 1 aromatic heterocycles. The molecule has 0 aromatic carbocycles. The molecule has 0 saturated carbocycles. The van der Waals surface area contributed by atoms with Crippen molar-refractivity contribution in [3.8, 4) is 0 Å². The largest absolute Gasteiger partial charge is 0.274 e. The van der Waals surface area contributed by atoms with Crippen molar-refractivity contribution in [3.05, 3.63) is 12.7 Å². The van der Waals surface area contributed by atoms with E-state index in [-0.39, 0.29) is 0 Å². The molecule has 0 amide bonds. The first-order chi connectivity index (χ1) is 4.34. The predicted octanol–water partition coefficient (Wildman–Crippen LogP) is 0.174. The number of aliphatic imine (C=N–C) groups is 1. The van der Waals surface area contributed by atoms with E-state index in [1.807, 2.05) is 6.92 Å². The summed E-state index contributed by atoms with van der Waals surface area (Å²) in [5.74, 6) is 0.840. The van der Waals surface area contributed by atoms with E-state index in [1.54, 1.807) is 18.1 Å². The summed E-state index contributed by atoms with van der Waals surface area (Å²) in [7, 11) is 1.72. The Hall–Kier alpha value is -1.19. The first kappa shape index (κ1) is 5.94. The molecule has 0 N–H and O–H groups in total. The van der Waals surface area contributed by atoms with E-state index in [0.29, 0.717) is 0 Å². The van der Waals surface area contributed by atoms with Gasteiger partial charge in [-0.1, -0.05) is 0 Å². The highest BCUT2D eigenvalue weighted by atomic mass is 15.3. The summed E-state index contributed by atoms with van der Waals surface area (Å²) in [6, 6.07) is 0. The van der Waals surface area contributed by atoms with Crippen LogP contribution in [-0.2, 0) is 0 Å². The third-order valence-electron chi connectivity index (χ3n) is 1.07. The molecule has 1 aromatic rings. The van der Waals surface area contributed by atoms with Crippen LogP contribution in [0.2, 0.25) is 0 Å². The molecule has 0 saturated heterocycles. The van der Waals surface area contributed by atoms with E-state index in [0.717, 1.165) is 5.84 Å². The second-order valence-electron chi connectivity index (χ2n) is 1.61. The summed E-state index contributed by atoms with van der Waals surface area (Å²) in [5, 5.41) is 3.86. The van der Waals surface area contributed by atoms with Crippen LogP contribution in [0, 0.1) is 0 Å². The minimum atomic E-state index is 0.840. The summed E-state index contributed by atoms with van der Waals surface area (Å²) >= 11 is 0. The molecule has 0 bridgehead atoms. The molecule has 48 valence electrons. The second-order valence-corrected chi connectivity index (χ2v) is 1.61. The molecule has 0 spiro atoms. The third kappa shape index (κ3) is 1.13. The predicted molar refractivity (Wildman–Crippen MR) is 34.5 cm³/mol. The van der Waals surface area contributed by atoms with Crippen LogP contribution in [0.4, 0.5) is 0 Å². The van der Waals surface area contributed by atoms with Crippen molar-refractivity contribution in [2.75, 3.05) is 7.05 Å². The fraction of sp³-hybridized carbons (Fsp3) is 0.400. The van der Waals surface area contributed by atoms with Gasteiger partial charge in [-0.25, -0.2) is 9.67 Å². The van der Waals surface area contributed by atoms with Crippen LogP contribution in [0.1, 0.15) is 6.92 Å². The summed E-state index contributed by atoms with van der Waals surface area (Å²) in [6.07, 6.45) is 3.09. The number of hydrogen-bond acceptors (Lipinski definition) is 3. The SMILES string of the molecule is CN=C(C)n1cncn1. The van der Waals surface area contributed by atoms with Crippen LogP contribution in [0.15, 0.2) is 17.6 Å². The van der Waals surface area contributed by atoms with E-state index in [4.69, 9.17) is 0 Å². The Morgan fingerprint density at radius 2 is 2.44 bits per heavy atom. The van der Waals surface area contributed by atoms with E-state index in [1.165, 1.54) is 6.33 Å². The van der Waals surface area contributed by atoms with Crippen LogP contribution < -0.4 is 0 Å². The molecular weight excluding hydrogens is 116 g/mol. The Kier molecular flexibility index (Phi) is 1.58. The number of aromatic nitrogens is 3. The molecule has 0 atom stereocenters. The first-order valence-corrected chi connectivity index (χ1v) is 2.63. The standard InChI is InChI=1S/C5H8N4/c1-5(6-2)9-4-7-3-8-9/h3-4H,1-2H3. The molecule has 1 rings (SSSR count). The van der Waals surface area contributed by atoms with Gasteiger partial charge < -0.3 is 0 Å². The molecule has 0 unspecified atom stereocenters. The van der Waals surface area contributed by atoms with Gasteiger partial charge in [0.15, 0.2) is 0 Å². The average molecular weight is 124 g/mol. The molecule has 4 heteroatoms. The Bertz CT molecular complexity index is 199. The molecule has 0 aliphatic heterocycles. The zero-order valence-electron chi connectivity index (χ0n) is 5.44. The van der Waals surface area contributed by atoms with Crippen molar-refractivity contribution >= 4 is 5.84 Å². The van der Waals surface area contributed by atoms with Crippen LogP contribution in [0.3, 0.4) is 0 Å². The van der Waals surface area contributed by atoms with Crippen molar-refractivity contribution < 1.29 is 0 Å². The lowest BCUT2D eigenvalue weighted by Crippen LogP contribution is -2.06. The van der Waals surface area contributed by atoms with Crippen LogP contribution in [-0.4, -0.2) is 27.6 Å². The quantitative estimate of drug-likeness (QED) is 0.365. The lowest BCUT2D eigenvalue weighted by Gasteiger charge is -1.93. The van der Waals surface area contributed by atoms with E-state index in [9.17, 15) is 0 Å². The first-order valence-electron chi connectivity index (χ1n) is 2.63. The van der Waals surface area contributed by atoms with Gasteiger partial charge in [-0.2, -0.15) is 5.10 Å². The van der Waals surface area contributed by atoms with Gasteiger partial charge in [0.25, 0.3) is 0 Å². The highest BCUT2D eigenvalue weighted by Gasteiger charge is 1.90. The summed E-state index contributed by atoms with van der Waals surface area (Å²) in [6.45, 7) is 1.87. The van der Waals surface area contributed by atoms with Crippen LogP contribution in [0.25, 0.3) is 0 Å². The monoisotopic (exact) mass is 124 g/mol. The lowest BCUT2D eigenvalue weighted by atomic mass is 10.7. The second kappa shape index (κ2) is 2.39. The molecule has 9 heavy (non-hydrogen) atoms. The van der Waals surface area contributed by atoms with Gasteiger partial charge in [-0.15, -0.1) is 0 Å².